The number of aliphatic hydroxyl groups excluding tert-OH is 1. The Labute approximate surface area is 101 Å². The van der Waals surface area contributed by atoms with Gasteiger partial charge in [0, 0.05) is 0 Å². The molecule has 0 aliphatic heterocycles. The van der Waals surface area contributed by atoms with Gasteiger partial charge in [0.2, 0.25) is 0 Å². The molecule has 100 valence electrons. The molecule has 0 radical (unpaired) electrons. The van der Waals surface area contributed by atoms with E-state index in [9.17, 15) is 14.7 Å². The first-order chi connectivity index (χ1) is 7.67. The Bertz CT molecular complexity index is 272. The fourth-order valence-corrected chi connectivity index (χ4v) is 1.25. The van der Waals surface area contributed by atoms with E-state index >= 15 is 0 Å². The standard InChI is InChI=1S/C11H21NO5/c1-5-6-7(8(13)9(14)15)12-10(16)17-11(2,3)4/h7-8,13H,5-6H2,1-4H3,(H,12,16)(H,14,15). The Hall–Kier alpha value is -1.30. The van der Waals surface area contributed by atoms with E-state index in [0.29, 0.717) is 12.8 Å². The van der Waals surface area contributed by atoms with Crippen LogP contribution in [0.2, 0.25) is 0 Å². The highest BCUT2D eigenvalue weighted by atomic mass is 16.6. The average Bonchev–Trinajstić information content (AvgIpc) is 2.12. The Morgan fingerprint density at radius 2 is 1.88 bits per heavy atom. The van der Waals surface area contributed by atoms with Crippen molar-refractivity contribution in [2.75, 3.05) is 0 Å². The van der Waals surface area contributed by atoms with E-state index in [1.54, 1.807) is 20.8 Å². The fraction of sp³-hybridized carbons (Fsp3) is 0.818. The van der Waals surface area contributed by atoms with Crippen LogP contribution in [0.1, 0.15) is 40.5 Å². The van der Waals surface area contributed by atoms with Gasteiger partial charge in [0.05, 0.1) is 6.04 Å². The third-order valence-corrected chi connectivity index (χ3v) is 1.94. The maximum Gasteiger partial charge on any atom is 0.407 e. The van der Waals surface area contributed by atoms with Crippen molar-refractivity contribution >= 4 is 12.1 Å². The number of hydrogen-bond donors (Lipinski definition) is 3. The minimum absolute atomic E-state index is 0.368. The largest absolute Gasteiger partial charge is 0.479 e. The molecule has 0 aromatic heterocycles. The Morgan fingerprint density at radius 3 is 2.24 bits per heavy atom. The molecule has 2 atom stereocenters. The third-order valence-electron chi connectivity index (χ3n) is 1.94. The van der Waals surface area contributed by atoms with Gasteiger partial charge in [-0.25, -0.2) is 9.59 Å². The van der Waals surface area contributed by atoms with Crippen molar-refractivity contribution < 1.29 is 24.5 Å². The van der Waals surface area contributed by atoms with E-state index in [0.717, 1.165) is 0 Å². The van der Waals surface area contributed by atoms with Crippen LogP contribution in [0.5, 0.6) is 0 Å². The molecule has 0 bridgehead atoms. The lowest BCUT2D eigenvalue weighted by Gasteiger charge is -2.24. The molecule has 0 aliphatic rings. The van der Waals surface area contributed by atoms with Crippen molar-refractivity contribution in [2.24, 2.45) is 0 Å². The van der Waals surface area contributed by atoms with E-state index in [2.05, 4.69) is 5.32 Å². The SMILES string of the molecule is CCCC(NC(=O)OC(C)(C)C)C(O)C(=O)O. The molecule has 0 heterocycles. The van der Waals surface area contributed by atoms with Gasteiger partial charge >= 0.3 is 12.1 Å². The topological polar surface area (TPSA) is 95.9 Å². The second-order valence-electron chi connectivity index (χ2n) is 4.82. The maximum absolute atomic E-state index is 11.4. The molecule has 1 amide bonds. The van der Waals surface area contributed by atoms with Crippen molar-refractivity contribution in [3.8, 4) is 0 Å². The van der Waals surface area contributed by atoms with Crippen molar-refractivity contribution in [1.29, 1.82) is 0 Å². The second kappa shape index (κ2) is 6.44. The number of carbonyl (C=O) groups excluding carboxylic acids is 1. The van der Waals surface area contributed by atoms with E-state index in [-0.39, 0.29) is 0 Å². The molecule has 0 aromatic carbocycles. The zero-order valence-electron chi connectivity index (χ0n) is 10.7. The van der Waals surface area contributed by atoms with Gasteiger partial charge in [-0.1, -0.05) is 13.3 Å². The van der Waals surface area contributed by atoms with Gasteiger partial charge < -0.3 is 20.3 Å². The quantitative estimate of drug-likeness (QED) is 0.676. The first-order valence-electron chi connectivity index (χ1n) is 5.57. The summed E-state index contributed by atoms with van der Waals surface area (Å²) in [6.07, 6.45) is -1.34. The summed E-state index contributed by atoms with van der Waals surface area (Å²) in [6.45, 7) is 6.94. The van der Waals surface area contributed by atoms with Crippen LogP contribution in [0.4, 0.5) is 4.79 Å². The monoisotopic (exact) mass is 247 g/mol. The van der Waals surface area contributed by atoms with Gasteiger partial charge in [0.25, 0.3) is 0 Å². The van der Waals surface area contributed by atoms with Crippen molar-refractivity contribution in [3.63, 3.8) is 0 Å². The number of rotatable bonds is 5. The first-order valence-corrected chi connectivity index (χ1v) is 5.57. The predicted molar refractivity (Wildman–Crippen MR) is 61.7 cm³/mol. The molecule has 0 spiro atoms. The van der Waals surface area contributed by atoms with E-state index in [4.69, 9.17) is 9.84 Å². The lowest BCUT2D eigenvalue weighted by Crippen LogP contribution is -2.48. The number of nitrogens with one attached hydrogen (secondary N) is 1. The fourth-order valence-electron chi connectivity index (χ4n) is 1.25. The molecular formula is C11H21NO5. The van der Waals surface area contributed by atoms with Gasteiger partial charge in [0.1, 0.15) is 5.60 Å². The minimum atomic E-state index is -1.62. The highest BCUT2D eigenvalue weighted by Crippen LogP contribution is 2.09. The van der Waals surface area contributed by atoms with Crippen LogP contribution >= 0.6 is 0 Å². The molecule has 17 heavy (non-hydrogen) atoms. The van der Waals surface area contributed by atoms with E-state index < -0.39 is 29.8 Å². The number of carbonyl (C=O) groups is 2. The summed E-state index contributed by atoms with van der Waals surface area (Å²) in [5.74, 6) is -1.36. The second-order valence-corrected chi connectivity index (χ2v) is 4.82. The normalized spacial score (nSPS) is 14.9. The Kier molecular flexibility index (Phi) is 5.95. The summed E-state index contributed by atoms with van der Waals surface area (Å²) in [5, 5.41) is 20.4. The summed E-state index contributed by atoms with van der Waals surface area (Å²) >= 11 is 0. The van der Waals surface area contributed by atoms with Crippen molar-refractivity contribution in [3.05, 3.63) is 0 Å². The number of carboxylic acid groups (broad SMARTS) is 1. The molecule has 0 fully saturated rings. The van der Waals surface area contributed by atoms with Crippen LogP contribution in [0, 0.1) is 0 Å². The predicted octanol–water partition coefficient (Wildman–Crippen LogP) is 1.13. The Balaban J connectivity index is 4.44. The summed E-state index contributed by atoms with van der Waals surface area (Å²) in [5.41, 5.74) is -0.658. The molecule has 0 rings (SSSR count). The van der Waals surface area contributed by atoms with Crippen LogP contribution in [-0.2, 0) is 9.53 Å². The number of alkyl carbamates (subject to hydrolysis) is 1. The molecule has 2 unspecified atom stereocenters. The maximum atomic E-state index is 11.4. The third kappa shape index (κ3) is 6.78. The van der Waals surface area contributed by atoms with Gasteiger partial charge in [-0.05, 0) is 27.2 Å². The zero-order chi connectivity index (χ0) is 13.6. The van der Waals surface area contributed by atoms with Gasteiger partial charge in [0.15, 0.2) is 6.10 Å². The number of ether oxygens (including phenoxy) is 1. The number of carboxylic acids is 1. The van der Waals surface area contributed by atoms with Crippen LogP contribution in [0.25, 0.3) is 0 Å². The summed E-state index contributed by atoms with van der Waals surface area (Å²) < 4.78 is 4.99. The summed E-state index contributed by atoms with van der Waals surface area (Å²) in [7, 11) is 0. The molecule has 3 N–H and O–H groups in total. The Morgan fingerprint density at radius 1 is 1.35 bits per heavy atom. The molecule has 0 aromatic rings. The minimum Gasteiger partial charge on any atom is -0.479 e. The van der Waals surface area contributed by atoms with Crippen molar-refractivity contribution in [2.45, 2.75) is 58.3 Å². The number of aliphatic hydroxyl groups is 1. The smallest absolute Gasteiger partial charge is 0.407 e. The van der Waals surface area contributed by atoms with Crippen LogP contribution in [0.15, 0.2) is 0 Å². The molecular weight excluding hydrogens is 226 g/mol. The average molecular weight is 247 g/mol. The summed E-state index contributed by atoms with van der Waals surface area (Å²) in [4.78, 5) is 22.1. The molecule has 0 saturated heterocycles. The highest BCUT2D eigenvalue weighted by molar-refractivity contribution is 5.75. The summed E-state index contributed by atoms with van der Waals surface area (Å²) in [6, 6.07) is -0.840. The molecule has 6 nitrogen and oxygen atoms in total. The van der Waals surface area contributed by atoms with E-state index in [1.807, 2.05) is 6.92 Å². The van der Waals surface area contributed by atoms with Crippen LogP contribution in [-0.4, -0.2) is 40.0 Å². The lowest BCUT2D eigenvalue weighted by atomic mass is 10.1. The van der Waals surface area contributed by atoms with Crippen LogP contribution in [0.3, 0.4) is 0 Å². The number of amides is 1. The molecule has 0 aliphatic carbocycles. The van der Waals surface area contributed by atoms with Gasteiger partial charge in [-0.2, -0.15) is 0 Å². The lowest BCUT2D eigenvalue weighted by molar-refractivity contribution is -0.148. The number of hydrogen-bond acceptors (Lipinski definition) is 4. The van der Waals surface area contributed by atoms with Gasteiger partial charge in [-0.3, -0.25) is 0 Å². The number of aliphatic carboxylic acids is 1. The zero-order valence-corrected chi connectivity index (χ0v) is 10.7. The first kappa shape index (κ1) is 15.7. The van der Waals surface area contributed by atoms with Gasteiger partial charge in [-0.15, -0.1) is 0 Å². The highest BCUT2D eigenvalue weighted by Gasteiger charge is 2.28. The molecule has 6 heteroatoms. The van der Waals surface area contributed by atoms with Crippen molar-refractivity contribution in [1.82, 2.24) is 5.32 Å². The molecule has 0 saturated carbocycles. The van der Waals surface area contributed by atoms with Crippen LogP contribution < -0.4 is 5.32 Å². The van der Waals surface area contributed by atoms with E-state index in [1.165, 1.54) is 0 Å².